The Hall–Kier alpha value is -3.38. The average Bonchev–Trinajstić information content (AvgIpc) is 3.35. The van der Waals surface area contributed by atoms with E-state index in [0.717, 1.165) is 35.9 Å². The summed E-state index contributed by atoms with van der Waals surface area (Å²) in [6.07, 6.45) is 3.69. The fraction of sp³-hybridized carbons (Fsp3) is 0.308. The first-order valence-corrected chi connectivity index (χ1v) is 10.8. The quantitative estimate of drug-likeness (QED) is 0.462. The van der Waals surface area contributed by atoms with Crippen LogP contribution in [-0.2, 0) is 11.3 Å². The number of ether oxygens (including phenoxy) is 3. The van der Waals surface area contributed by atoms with Crippen LogP contribution in [0.4, 0.5) is 0 Å². The van der Waals surface area contributed by atoms with E-state index in [1.54, 1.807) is 19.3 Å². The summed E-state index contributed by atoms with van der Waals surface area (Å²) in [4.78, 5) is 19.9. The lowest BCUT2D eigenvalue weighted by molar-refractivity contribution is 0.0503. The Morgan fingerprint density at radius 3 is 2.88 bits per heavy atom. The first kappa shape index (κ1) is 21.8. The Bertz CT molecular complexity index is 1090. The number of rotatable bonds is 9. The van der Waals surface area contributed by atoms with Crippen LogP contribution < -0.4 is 9.47 Å². The normalized spacial score (nSPS) is 15.5. The summed E-state index contributed by atoms with van der Waals surface area (Å²) >= 11 is 0. The molecule has 1 atom stereocenters. The van der Waals surface area contributed by atoms with Crippen molar-refractivity contribution >= 4 is 16.8 Å². The first-order valence-electron chi connectivity index (χ1n) is 10.8. The Morgan fingerprint density at radius 2 is 2.09 bits per heavy atom. The van der Waals surface area contributed by atoms with Gasteiger partial charge in [-0.3, -0.25) is 4.79 Å². The molecule has 4 rings (SSSR count). The van der Waals surface area contributed by atoms with Crippen LogP contribution in [0.1, 0.15) is 28.9 Å². The van der Waals surface area contributed by atoms with Crippen molar-refractivity contribution in [3.63, 3.8) is 0 Å². The Morgan fingerprint density at radius 1 is 1.22 bits per heavy atom. The predicted molar refractivity (Wildman–Crippen MR) is 124 cm³/mol. The van der Waals surface area contributed by atoms with E-state index in [0.29, 0.717) is 36.9 Å². The second-order valence-corrected chi connectivity index (χ2v) is 7.79. The van der Waals surface area contributed by atoms with Crippen LogP contribution in [0.5, 0.6) is 11.5 Å². The highest BCUT2D eigenvalue weighted by Crippen LogP contribution is 2.29. The van der Waals surface area contributed by atoms with Gasteiger partial charge in [-0.1, -0.05) is 43.0 Å². The molecule has 1 saturated heterocycles. The zero-order valence-corrected chi connectivity index (χ0v) is 18.3. The van der Waals surface area contributed by atoms with Gasteiger partial charge in [0.2, 0.25) is 0 Å². The largest absolute Gasteiger partial charge is 0.493 e. The maximum absolute atomic E-state index is 13.5. The number of para-hydroxylation sites is 1. The summed E-state index contributed by atoms with van der Waals surface area (Å²) in [5.41, 5.74) is 2.18. The number of methoxy groups -OCH3 is 1. The van der Waals surface area contributed by atoms with Crippen LogP contribution in [-0.4, -0.2) is 48.8 Å². The van der Waals surface area contributed by atoms with Crippen LogP contribution in [0.15, 0.2) is 67.3 Å². The minimum Gasteiger partial charge on any atom is -0.493 e. The van der Waals surface area contributed by atoms with Crippen LogP contribution in [0.25, 0.3) is 10.9 Å². The molecule has 0 saturated carbocycles. The monoisotopic (exact) mass is 432 g/mol. The van der Waals surface area contributed by atoms with Gasteiger partial charge in [0.25, 0.3) is 5.91 Å². The van der Waals surface area contributed by atoms with Crippen LogP contribution in [0, 0.1) is 0 Å². The van der Waals surface area contributed by atoms with Gasteiger partial charge in [-0.15, -0.1) is 0 Å². The number of carbonyl (C=O) groups is 1. The number of fused-ring (bicyclic) bond motifs is 1. The zero-order chi connectivity index (χ0) is 22.3. The van der Waals surface area contributed by atoms with Crippen LogP contribution >= 0.6 is 0 Å². The smallest absolute Gasteiger partial charge is 0.272 e. The van der Waals surface area contributed by atoms with Gasteiger partial charge >= 0.3 is 0 Å². The molecule has 6 nitrogen and oxygen atoms in total. The fourth-order valence-corrected chi connectivity index (χ4v) is 3.90. The Balaban J connectivity index is 1.59. The third-order valence-corrected chi connectivity index (χ3v) is 5.51. The van der Waals surface area contributed by atoms with Crippen molar-refractivity contribution in [2.45, 2.75) is 25.5 Å². The van der Waals surface area contributed by atoms with Gasteiger partial charge in [-0.2, -0.15) is 0 Å². The van der Waals surface area contributed by atoms with Crippen LogP contribution in [0.3, 0.4) is 0 Å². The first-order chi connectivity index (χ1) is 15.7. The Labute approximate surface area is 188 Å². The molecule has 32 heavy (non-hydrogen) atoms. The number of amides is 1. The summed E-state index contributed by atoms with van der Waals surface area (Å²) in [6, 6.07) is 17.2. The molecule has 1 aromatic heterocycles. The summed E-state index contributed by atoms with van der Waals surface area (Å²) in [5.74, 6) is 1.15. The minimum atomic E-state index is -0.114. The third-order valence-electron chi connectivity index (χ3n) is 5.51. The highest BCUT2D eigenvalue weighted by Gasteiger charge is 2.25. The zero-order valence-electron chi connectivity index (χ0n) is 18.3. The molecule has 1 fully saturated rings. The molecule has 1 aliphatic rings. The number of hydrogen-bond donors (Lipinski definition) is 0. The van der Waals surface area contributed by atoms with Crippen molar-refractivity contribution in [1.29, 1.82) is 0 Å². The number of aromatic nitrogens is 1. The van der Waals surface area contributed by atoms with Gasteiger partial charge in [0.15, 0.2) is 11.5 Å². The van der Waals surface area contributed by atoms with Gasteiger partial charge in [0.1, 0.15) is 12.3 Å². The summed E-state index contributed by atoms with van der Waals surface area (Å²) in [7, 11) is 1.61. The maximum Gasteiger partial charge on any atom is 0.272 e. The van der Waals surface area contributed by atoms with Gasteiger partial charge < -0.3 is 19.1 Å². The topological polar surface area (TPSA) is 60.9 Å². The molecular formula is C26H28N2O4. The number of pyridine rings is 1. The van der Waals surface area contributed by atoms with Crippen molar-refractivity contribution in [2.75, 3.05) is 26.9 Å². The molecule has 1 amide bonds. The number of carbonyl (C=O) groups excluding carboxylic acids is 1. The lowest BCUT2D eigenvalue weighted by atomic mass is 10.1. The van der Waals surface area contributed by atoms with Gasteiger partial charge in [0.05, 0.1) is 18.7 Å². The Kier molecular flexibility index (Phi) is 7.02. The van der Waals surface area contributed by atoms with E-state index in [2.05, 4.69) is 11.6 Å². The molecule has 3 aromatic rings. The van der Waals surface area contributed by atoms with E-state index in [1.165, 1.54) is 0 Å². The van der Waals surface area contributed by atoms with E-state index in [1.807, 2.05) is 53.4 Å². The molecule has 1 aliphatic heterocycles. The molecule has 0 bridgehead atoms. The van der Waals surface area contributed by atoms with E-state index >= 15 is 0 Å². The average molecular weight is 433 g/mol. The highest BCUT2D eigenvalue weighted by molar-refractivity contribution is 5.95. The molecular weight excluding hydrogens is 404 g/mol. The molecule has 166 valence electrons. The summed E-state index contributed by atoms with van der Waals surface area (Å²) in [5, 5.41) is 1.01. The van der Waals surface area contributed by atoms with Crippen molar-refractivity contribution in [3.8, 4) is 11.5 Å². The second kappa shape index (κ2) is 10.3. The molecule has 6 heteroatoms. The minimum absolute atomic E-state index is 0.0384. The number of nitrogens with zero attached hydrogens (tertiary/aromatic N) is 2. The molecule has 0 spiro atoms. The van der Waals surface area contributed by atoms with Gasteiger partial charge in [0, 0.05) is 25.1 Å². The molecule has 0 radical (unpaired) electrons. The van der Waals surface area contributed by atoms with Crippen molar-refractivity contribution < 1.29 is 19.0 Å². The van der Waals surface area contributed by atoms with Crippen molar-refractivity contribution in [3.05, 3.63) is 78.5 Å². The van der Waals surface area contributed by atoms with E-state index < -0.39 is 0 Å². The lowest BCUT2D eigenvalue weighted by Gasteiger charge is -2.26. The van der Waals surface area contributed by atoms with Crippen molar-refractivity contribution in [1.82, 2.24) is 9.88 Å². The SMILES string of the molecule is C=CCOc1ccc(CN(C[C@H]2CCCO2)C(=O)c2ccc3ccccc3n2)cc1OC. The fourth-order valence-electron chi connectivity index (χ4n) is 3.90. The third kappa shape index (κ3) is 5.08. The molecule has 0 aliphatic carbocycles. The highest BCUT2D eigenvalue weighted by atomic mass is 16.5. The summed E-state index contributed by atoms with van der Waals surface area (Å²) < 4.78 is 17.0. The van der Waals surface area contributed by atoms with Crippen molar-refractivity contribution in [2.24, 2.45) is 0 Å². The van der Waals surface area contributed by atoms with Crippen LogP contribution in [0.2, 0.25) is 0 Å². The molecule has 0 N–H and O–H groups in total. The van der Waals surface area contributed by atoms with E-state index in [4.69, 9.17) is 14.2 Å². The van der Waals surface area contributed by atoms with E-state index in [-0.39, 0.29) is 12.0 Å². The van der Waals surface area contributed by atoms with Gasteiger partial charge in [-0.05, 0) is 42.7 Å². The standard InChI is InChI=1S/C26H28N2O4/c1-3-14-32-24-13-10-19(16-25(24)30-2)17-28(18-21-8-6-15-31-21)26(29)23-12-11-20-7-4-5-9-22(20)27-23/h3-5,7,9-13,16,21H,1,6,8,14-15,17-18H2,2H3/t21-/m1/s1. The predicted octanol–water partition coefficient (Wildman–Crippen LogP) is 4.63. The molecule has 0 unspecified atom stereocenters. The lowest BCUT2D eigenvalue weighted by Crippen LogP contribution is -2.37. The number of hydrogen-bond acceptors (Lipinski definition) is 5. The second-order valence-electron chi connectivity index (χ2n) is 7.79. The number of benzene rings is 2. The molecule has 2 heterocycles. The van der Waals surface area contributed by atoms with E-state index in [9.17, 15) is 4.79 Å². The molecule has 2 aromatic carbocycles. The van der Waals surface area contributed by atoms with Gasteiger partial charge in [-0.25, -0.2) is 4.98 Å². The maximum atomic E-state index is 13.5. The summed E-state index contributed by atoms with van der Waals surface area (Å²) in [6.45, 7) is 5.75.